The van der Waals surface area contributed by atoms with Gasteiger partial charge in [0.15, 0.2) is 11.5 Å². The fourth-order valence-corrected chi connectivity index (χ4v) is 4.46. The zero-order valence-corrected chi connectivity index (χ0v) is 17.7. The van der Waals surface area contributed by atoms with Gasteiger partial charge < -0.3 is 20.8 Å². The number of carboxylic acids is 1. The maximum Gasteiger partial charge on any atom is 0.339 e. The van der Waals surface area contributed by atoms with Crippen LogP contribution in [-0.4, -0.2) is 36.1 Å². The van der Waals surface area contributed by atoms with E-state index in [1.807, 2.05) is 6.07 Å². The van der Waals surface area contributed by atoms with E-state index in [0.29, 0.717) is 17.1 Å². The maximum atomic E-state index is 13.0. The Bertz CT molecular complexity index is 1330. The van der Waals surface area contributed by atoms with Crippen molar-refractivity contribution in [1.82, 2.24) is 4.72 Å². The van der Waals surface area contributed by atoms with Crippen LogP contribution in [0.5, 0.6) is 5.75 Å². The normalized spacial score (nSPS) is 17.5. The maximum absolute atomic E-state index is 13.0. The van der Waals surface area contributed by atoms with Crippen molar-refractivity contribution in [3.8, 4) is 5.75 Å². The molecule has 9 nitrogen and oxygen atoms in total. The van der Waals surface area contributed by atoms with E-state index in [1.165, 1.54) is 30.3 Å². The molecule has 1 atom stereocenters. The highest BCUT2D eigenvalue weighted by Gasteiger charge is 2.37. The van der Waals surface area contributed by atoms with Crippen molar-refractivity contribution < 1.29 is 23.4 Å². The number of fused-ring (bicyclic) bond motifs is 1. The Morgan fingerprint density at radius 2 is 1.72 bits per heavy atom. The Balaban J connectivity index is 1.74. The number of carboxylic acid groups (broad SMARTS) is 1. The van der Waals surface area contributed by atoms with Crippen LogP contribution < -0.4 is 15.4 Å². The number of benzene rings is 3. The number of aliphatic imine (C=N–C) groups is 1. The summed E-state index contributed by atoms with van der Waals surface area (Å²) in [6.45, 7) is 1.68. The molecule has 164 valence electrons. The van der Waals surface area contributed by atoms with Crippen molar-refractivity contribution in [2.45, 2.75) is 17.5 Å². The summed E-state index contributed by atoms with van der Waals surface area (Å²) in [7, 11) is -3.94. The van der Waals surface area contributed by atoms with E-state index in [4.69, 9.17) is 5.11 Å². The van der Waals surface area contributed by atoms with Crippen molar-refractivity contribution in [3.63, 3.8) is 0 Å². The summed E-state index contributed by atoms with van der Waals surface area (Å²) in [6.07, 6.45) is 0. The Hall–Kier alpha value is -4.05. The molecule has 0 saturated carbocycles. The number of nitrogens with one attached hydrogen (secondary N) is 3. The molecular weight excluding hydrogens is 432 g/mol. The second-order valence-electron chi connectivity index (χ2n) is 7.31. The van der Waals surface area contributed by atoms with E-state index in [9.17, 15) is 18.3 Å². The minimum absolute atomic E-state index is 0.0712. The molecule has 0 fully saturated rings. The van der Waals surface area contributed by atoms with Crippen molar-refractivity contribution in [3.05, 3.63) is 78.4 Å². The van der Waals surface area contributed by atoms with E-state index in [2.05, 4.69) is 20.3 Å². The third kappa shape index (κ3) is 4.08. The molecular formula is C22H20N4O5S. The number of para-hydroxylation sites is 2. The minimum Gasteiger partial charge on any atom is -0.507 e. The first-order valence-corrected chi connectivity index (χ1v) is 11.0. The molecule has 3 aromatic rings. The van der Waals surface area contributed by atoms with Gasteiger partial charge in [0.05, 0.1) is 16.3 Å². The molecule has 1 aliphatic heterocycles. The van der Waals surface area contributed by atoms with Gasteiger partial charge in [-0.3, -0.25) is 4.72 Å². The van der Waals surface area contributed by atoms with Crippen LogP contribution in [0.1, 0.15) is 17.3 Å². The Labute approximate surface area is 184 Å². The largest absolute Gasteiger partial charge is 0.507 e. The van der Waals surface area contributed by atoms with Crippen LogP contribution in [0.4, 0.5) is 17.1 Å². The van der Waals surface area contributed by atoms with Gasteiger partial charge in [0.2, 0.25) is 0 Å². The molecule has 10 heteroatoms. The first-order chi connectivity index (χ1) is 15.2. The van der Waals surface area contributed by atoms with Crippen molar-refractivity contribution >= 4 is 38.9 Å². The summed E-state index contributed by atoms with van der Waals surface area (Å²) in [5, 5.41) is 25.5. The SMILES string of the molecule is C[C@@]1(Nc2ccc(C(=O)O)c(O)c2)Nc2ccccc2N=C1NS(=O)(=O)c1ccccc1. The number of rotatable bonds is 5. The van der Waals surface area contributed by atoms with Crippen LogP contribution in [0.15, 0.2) is 82.7 Å². The summed E-state index contributed by atoms with van der Waals surface area (Å²) >= 11 is 0. The molecule has 1 aliphatic rings. The second-order valence-corrected chi connectivity index (χ2v) is 8.99. The van der Waals surface area contributed by atoms with Crippen LogP contribution in [0.25, 0.3) is 0 Å². The van der Waals surface area contributed by atoms with Gasteiger partial charge in [-0.1, -0.05) is 30.3 Å². The summed E-state index contributed by atoms with van der Waals surface area (Å²) < 4.78 is 28.5. The molecule has 0 radical (unpaired) electrons. The number of aromatic carboxylic acids is 1. The zero-order valence-electron chi connectivity index (χ0n) is 16.9. The van der Waals surface area contributed by atoms with E-state index in [0.717, 1.165) is 0 Å². The molecule has 0 saturated heterocycles. The standard InChI is InChI=1S/C22H20N4O5S/c1-22(24-14-11-12-16(20(28)29)19(27)13-14)21(23-17-9-5-6-10-18(17)25-22)26-32(30,31)15-7-3-2-4-8-15/h2-13,24-25,27H,1H3,(H,23,26)(H,28,29)/t22-/m1/s1. The average molecular weight is 452 g/mol. The summed E-state index contributed by atoms with van der Waals surface area (Å²) in [6, 6.07) is 19.0. The molecule has 0 amide bonds. The van der Waals surface area contributed by atoms with Crippen LogP contribution in [0.2, 0.25) is 0 Å². The van der Waals surface area contributed by atoms with Crippen molar-refractivity contribution in [1.29, 1.82) is 0 Å². The van der Waals surface area contributed by atoms with Crippen LogP contribution in [0.3, 0.4) is 0 Å². The first kappa shape index (κ1) is 21.2. The van der Waals surface area contributed by atoms with Gasteiger partial charge in [-0.05, 0) is 43.3 Å². The van der Waals surface area contributed by atoms with E-state index in [-0.39, 0.29) is 16.3 Å². The third-order valence-electron chi connectivity index (χ3n) is 4.90. The lowest BCUT2D eigenvalue weighted by Crippen LogP contribution is -2.58. The quantitative estimate of drug-likeness (QED) is 0.400. The molecule has 0 spiro atoms. The van der Waals surface area contributed by atoms with Gasteiger partial charge in [0, 0.05) is 11.8 Å². The van der Waals surface area contributed by atoms with Gasteiger partial charge in [0.25, 0.3) is 10.0 Å². The Kier molecular flexibility index (Phi) is 5.23. The lowest BCUT2D eigenvalue weighted by atomic mass is 10.1. The summed E-state index contributed by atoms with van der Waals surface area (Å²) in [5.41, 5.74) is 0.0703. The molecule has 32 heavy (non-hydrogen) atoms. The van der Waals surface area contributed by atoms with Gasteiger partial charge >= 0.3 is 5.97 Å². The monoisotopic (exact) mass is 452 g/mol. The van der Waals surface area contributed by atoms with Gasteiger partial charge in [-0.15, -0.1) is 0 Å². The lowest BCUT2D eigenvalue weighted by molar-refractivity contribution is 0.0693. The van der Waals surface area contributed by atoms with Crippen LogP contribution in [0, 0.1) is 0 Å². The molecule has 0 unspecified atom stereocenters. The highest BCUT2D eigenvalue weighted by atomic mass is 32.2. The second kappa shape index (κ2) is 7.89. The smallest absolute Gasteiger partial charge is 0.339 e. The number of anilines is 2. The number of hydrogen-bond donors (Lipinski definition) is 5. The molecule has 5 N–H and O–H groups in total. The number of aromatic hydroxyl groups is 1. The fraction of sp³-hybridized carbons (Fsp3) is 0.0909. The Morgan fingerprint density at radius 1 is 1.03 bits per heavy atom. The highest BCUT2D eigenvalue weighted by molar-refractivity contribution is 7.90. The number of hydrogen-bond acceptors (Lipinski definition) is 7. The average Bonchev–Trinajstić information content (AvgIpc) is 2.74. The van der Waals surface area contributed by atoms with E-state index >= 15 is 0 Å². The topological polar surface area (TPSA) is 140 Å². The first-order valence-electron chi connectivity index (χ1n) is 9.57. The number of nitrogens with zero attached hydrogens (tertiary/aromatic N) is 1. The van der Waals surface area contributed by atoms with Crippen molar-refractivity contribution in [2.75, 3.05) is 10.6 Å². The predicted molar refractivity (Wildman–Crippen MR) is 121 cm³/mol. The van der Waals surface area contributed by atoms with E-state index in [1.54, 1.807) is 43.3 Å². The minimum atomic E-state index is -3.94. The van der Waals surface area contributed by atoms with Gasteiger partial charge in [-0.2, -0.15) is 0 Å². The fourth-order valence-electron chi connectivity index (χ4n) is 3.32. The number of sulfonamides is 1. The number of amidine groups is 1. The predicted octanol–water partition coefficient (Wildman–Crippen LogP) is 3.35. The summed E-state index contributed by atoms with van der Waals surface area (Å²) in [5.74, 6) is -1.62. The summed E-state index contributed by atoms with van der Waals surface area (Å²) in [4.78, 5) is 15.8. The molecule has 1 heterocycles. The number of phenols is 1. The van der Waals surface area contributed by atoms with Gasteiger partial charge in [-0.25, -0.2) is 18.2 Å². The van der Waals surface area contributed by atoms with Crippen molar-refractivity contribution in [2.24, 2.45) is 4.99 Å². The number of carbonyl (C=O) groups is 1. The molecule has 4 rings (SSSR count). The lowest BCUT2D eigenvalue weighted by Gasteiger charge is -2.38. The molecule has 0 bridgehead atoms. The molecule has 0 aliphatic carbocycles. The Morgan fingerprint density at radius 3 is 2.41 bits per heavy atom. The van der Waals surface area contributed by atoms with Crippen LogP contribution >= 0.6 is 0 Å². The van der Waals surface area contributed by atoms with Gasteiger partial charge in [0.1, 0.15) is 11.3 Å². The zero-order chi connectivity index (χ0) is 22.9. The third-order valence-corrected chi connectivity index (χ3v) is 6.26. The van der Waals surface area contributed by atoms with Crippen LogP contribution in [-0.2, 0) is 10.0 Å². The van der Waals surface area contributed by atoms with E-state index < -0.39 is 27.4 Å². The highest BCUT2D eigenvalue weighted by Crippen LogP contribution is 2.34. The molecule has 3 aromatic carbocycles. The molecule has 0 aromatic heterocycles.